The Hall–Kier alpha value is -2.36. The summed E-state index contributed by atoms with van der Waals surface area (Å²) in [6, 6.07) is 9.37. The first kappa shape index (κ1) is 13.1. The number of anilines is 2. The largest absolute Gasteiger partial charge is 0.478 e. The number of nitrogens with zero attached hydrogens (tertiary/aromatic N) is 1. The molecule has 1 aromatic heterocycles. The highest BCUT2D eigenvalue weighted by Gasteiger charge is 2.09. The zero-order valence-corrected chi connectivity index (χ0v) is 11.2. The molecule has 0 spiro atoms. The molecule has 0 aliphatic rings. The molecule has 0 aliphatic carbocycles. The van der Waals surface area contributed by atoms with E-state index in [9.17, 15) is 4.79 Å². The van der Waals surface area contributed by atoms with Crippen molar-refractivity contribution in [1.29, 1.82) is 0 Å². The molecule has 0 saturated heterocycles. The lowest BCUT2D eigenvalue weighted by molar-refractivity contribution is 0.0695. The molecular formula is C15H16N2O2. The molecular weight excluding hydrogens is 240 g/mol. The van der Waals surface area contributed by atoms with Crippen molar-refractivity contribution in [2.75, 3.05) is 5.32 Å². The molecule has 98 valence electrons. The standard InChI is InChI=1S/C15H16N2O2/c1-9-4-5-10(2)13(8-9)17-14-7-6-12(15(18)19)11(3)16-14/h4-8H,1-3H3,(H,16,17)(H,18,19). The number of pyridine rings is 1. The van der Waals surface area contributed by atoms with Crippen molar-refractivity contribution >= 4 is 17.5 Å². The average Bonchev–Trinajstić information content (AvgIpc) is 2.33. The van der Waals surface area contributed by atoms with Crippen molar-refractivity contribution in [3.8, 4) is 0 Å². The minimum atomic E-state index is -0.955. The summed E-state index contributed by atoms with van der Waals surface area (Å²) in [6.45, 7) is 5.73. The molecule has 0 amide bonds. The molecule has 2 aromatic rings. The number of carbonyl (C=O) groups is 1. The van der Waals surface area contributed by atoms with E-state index in [4.69, 9.17) is 5.11 Å². The van der Waals surface area contributed by atoms with E-state index < -0.39 is 5.97 Å². The Morgan fingerprint density at radius 1 is 1.16 bits per heavy atom. The summed E-state index contributed by atoms with van der Waals surface area (Å²) in [7, 11) is 0. The van der Waals surface area contributed by atoms with Crippen molar-refractivity contribution < 1.29 is 9.90 Å². The summed E-state index contributed by atoms with van der Waals surface area (Å²) in [6.07, 6.45) is 0. The number of aromatic carboxylic acids is 1. The van der Waals surface area contributed by atoms with E-state index in [0.717, 1.165) is 16.8 Å². The van der Waals surface area contributed by atoms with Crippen LogP contribution in [0.4, 0.5) is 11.5 Å². The summed E-state index contributed by atoms with van der Waals surface area (Å²) in [5.41, 5.74) is 3.99. The highest BCUT2D eigenvalue weighted by atomic mass is 16.4. The van der Waals surface area contributed by atoms with Crippen molar-refractivity contribution in [2.24, 2.45) is 0 Å². The van der Waals surface area contributed by atoms with Crippen LogP contribution in [0.3, 0.4) is 0 Å². The maximum atomic E-state index is 10.9. The maximum absolute atomic E-state index is 10.9. The smallest absolute Gasteiger partial charge is 0.337 e. The van der Waals surface area contributed by atoms with E-state index in [0.29, 0.717) is 11.5 Å². The number of hydrogen-bond donors (Lipinski definition) is 2. The van der Waals surface area contributed by atoms with Gasteiger partial charge in [-0.1, -0.05) is 12.1 Å². The molecule has 0 radical (unpaired) electrons. The second-order valence-corrected chi connectivity index (χ2v) is 4.58. The summed E-state index contributed by atoms with van der Waals surface area (Å²) in [5, 5.41) is 12.2. The lowest BCUT2D eigenvalue weighted by atomic mass is 10.1. The summed E-state index contributed by atoms with van der Waals surface area (Å²) < 4.78 is 0. The molecule has 0 atom stereocenters. The van der Waals surface area contributed by atoms with Gasteiger partial charge in [-0.3, -0.25) is 0 Å². The summed E-state index contributed by atoms with van der Waals surface area (Å²) in [5.74, 6) is -0.306. The van der Waals surface area contributed by atoms with Gasteiger partial charge in [-0.25, -0.2) is 9.78 Å². The third kappa shape index (κ3) is 2.91. The van der Waals surface area contributed by atoms with Crippen molar-refractivity contribution in [3.05, 3.63) is 52.7 Å². The van der Waals surface area contributed by atoms with Gasteiger partial charge in [0.25, 0.3) is 0 Å². The Morgan fingerprint density at radius 3 is 2.53 bits per heavy atom. The maximum Gasteiger partial charge on any atom is 0.337 e. The normalized spacial score (nSPS) is 10.3. The van der Waals surface area contributed by atoms with Gasteiger partial charge in [-0.2, -0.15) is 0 Å². The topological polar surface area (TPSA) is 62.2 Å². The van der Waals surface area contributed by atoms with Gasteiger partial charge in [0.05, 0.1) is 11.3 Å². The van der Waals surface area contributed by atoms with E-state index >= 15 is 0 Å². The van der Waals surface area contributed by atoms with E-state index in [1.807, 2.05) is 32.0 Å². The van der Waals surface area contributed by atoms with Crippen molar-refractivity contribution in [2.45, 2.75) is 20.8 Å². The predicted molar refractivity (Wildman–Crippen MR) is 75.1 cm³/mol. The molecule has 0 bridgehead atoms. The van der Waals surface area contributed by atoms with Crippen LogP contribution in [0.5, 0.6) is 0 Å². The molecule has 0 fully saturated rings. The van der Waals surface area contributed by atoms with Gasteiger partial charge >= 0.3 is 5.97 Å². The average molecular weight is 256 g/mol. The Labute approximate surface area is 112 Å². The van der Waals surface area contributed by atoms with Gasteiger partial charge in [0.15, 0.2) is 0 Å². The fraction of sp³-hybridized carbons (Fsp3) is 0.200. The molecule has 1 aromatic carbocycles. The summed E-state index contributed by atoms with van der Waals surface area (Å²) in [4.78, 5) is 15.2. The quantitative estimate of drug-likeness (QED) is 0.883. The summed E-state index contributed by atoms with van der Waals surface area (Å²) >= 11 is 0. The molecule has 0 unspecified atom stereocenters. The monoisotopic (exact) mass is 256 g/mol. The Bertz CT molecular complexity index is 636. The molecule has 4 nitrogen and oxygen atoms in total. The predicted octanol–water partition coefficient (Wildman–Crippen LogP) is 3.45. The van der Waals surface area contributed by atoms with Gasteiger partial charge in [-0.15, -0.1) is 0 Å². The number of aryl methyl sites for hydroxylation is 3. The molecule has 0 saturated carbocycles. The number of hydrogen-bond acceptors (Lipinski definition) is 3. The van der Waals surface area contributed by atoms with E-state index in [-0.39, 0.29) is 5.56 Å². The van der Waals surface area contributed by atoms with Gasteiger partial charge < -0.3 is 10.4 Å². The fourth-order valence-electron chi connectivity index (χ4n) is 1.87. The minimum absolute atomic E-state index is 0.228. The second kappa shape index (κ2) is 5.10. The Balaban J connectivity index is 2.31. The van der Waals surface area contributed by atoms with Gasteiger partial charge in [-0.05, 0) is 50.1 Å². The van der Waals surface area contributed by atoms with Crippen molar-refractivity contribution in [1.82, 2.24) is 4.98 Å². The fourth-order valence-corrected chi connectivity index (χ4v) is 1.87. The Kier molecular flexibility index (Phi) is 3.51. The van der Waals surface area contributed by atoms with Crippen molar-refractivity contribution in [3.63, 3.8) is 0 Å². The number of nitrogens with one attached hydrogen (secondary N) is 1. The van der Waals surface area contributed by atoms with Crippen LogP contribution in [0.15, 0.2) is 30.3 Å². The molecule has 4 heteroatoms. The number of rotatable bonds is 3. The highest BCUT2D eigenvalue weighted by Crippen LogP contribution is 2.21. The lowest BCUT2D eigenvalue weighted by Crippen LogP contribution is -2.04. The van der Waals surface area contributed by atoms with Crippen LogP contribution in [-0.2, 0) is 0 Å². The first-order valence-electron chi connectivity index (χ1n) is 6.02. The van der Waals surface area contributed by atoms with Crippen LogP contribution < -0.4 is 5.32 Å². The minimum Gasteiger partial charge on any atom is -0.478 e. The third-order valence-electron chi connectivity index (χ3n) is 2.97. The molecule has 1 heterocycles. The van der Waals surface area contributed by atoms with E-state index in [2.05, 4.69) is 10.3 Å². The number of aromatic nitrogens is 1. The number of carboxylic acids is 1. The third-order valence-corrected chi connectivity index (χ3v) is 2.97. The number of carboxylic acid groups (broad SMARTS) is 1. The van der Waals surface area contributed by atoms with Crippen LogP contribution in [0.1, 0.15) is 27.2 Å². The van der Waals surface area contributed by atoms with Gasteiger partial charge in [0, 0.05) is 5.69 Å². The van der Waals surface area contributed by atoms with Gasteiger partial charge in [0.2, 0.25) is 0 Å². The SMILES string of the molecule is Cc1ccc(C)c(Nc2ccc(C(=O)O)c(C)n2)c1. The highest BCUT2D eigenvalue weighted by molar-refractivity contribution is 5.89. The van der Waals surface area contributed by atoms with E-state index in [1.165, 1.54) is 0 Å². The molecule has 19 heavy (non-hydrogen) atoms. The number of benzene rings is 1. The van der Waals surface area contributed by atoms with Crippen LogP contribution >= 0.6 is 0 Å². The van der Waals surface area contributed by atoms with Crippen LogP contribution in [-0.4, -0.2) is 16.1 Å². The zero-order chi connectivity index (χ0) is 14.0. The second-order valence-electron chi connectivity index (χ2n) is 4.58. The first-order chi connectivity index (χ1) is 8.97. The molecule has 2 rings (SSSR count). The van der Waals surface area contributed by atoms with Gasteiger partial charge in [0.1, 0.15) is 5.82 Å². The first-order valence-corrected chi connectivity index (χ1v) is 6.02. The van der Waals surface area contributed by atoms with E-state index in [1.54, 1.807) is 19.1 Å². The molecule has 0 aliphatic heterocycles. The molecule has 2 N–H and O–H groups in total. The van der Waals surface area contributed by atoms with Crippen LogP contribution in [0, 0.1) is 20.8 Å². The lowest BCUT2D eigenvalue weighted by Gasteiger charge is -2.11. The zero-order valence-electron chi connectivity index (χ0n) is 11.2. The van der Waals surface area contributed by atoms with Crippen LogP contribution in [0.25, 0.3) is 0 Å². The Morgan fingerprint density at radius 2 is 1.89 bits per heavy atom. The van der Waals surface area contributed by atoms with Crippen LogP contribution in [0.2, 0.25) is 0 Å².